The van der Waals surface area contributed by atoms with Crippen LogP contribution in [-0.2, 0) is 10.8 Å². The van der Waals surface area contributed by atoms with E-state index < -0.39 is 5.41 Å². The molecule has 59 heavy (non-hydrogen) atoms. The third-order valence-electron chi connectivity index (χ3n) is 13.2. The van der Waals surface area contributed by atoms with Gasteiger partial charge in [-0.15, -0.1) is 0 Å². The van der Waals surface area contributed by atoms with Gasteiger partial charge in [0.2, 0.25) is 0 Å². The van der Waals surface area contributed by atoms with Crippen molar-refractivity contribution in [1.82, 2.24) is 9.97 Å². The van der Waals surface area contributed by atoms with Crippen LogP contribution in [0.15, 0.2) is 156 Å². The Balaban J connectivity index is 0.999. The normalized spacial score (nSPS) is 17.8. The van der Waals surface area contributed by atoms with E-state index in [0.29, 0.717) is 22.6 Å². The fraction of sp³-hybridized carbons (Fsp3) is 0.167. The number of benzene rings is 6. The highest BCUT2D eigenvalue weighted by Crippen LogP contribution is 2.56. The number of hydrogen-bond donors (Lipinski definition) is 1. The largest absolute Gasteiger partial charge is 0.507 e. The van der Waals surface area contributed by atoms with Crippen LogP contribution in [0.25, 0.3) is 72.5 Å². The number of hydrogen-bond acceptors (Lipinski definition) is 5. The molecule has 0 aliphatic heterocycles. The van der Waals surface area contributed by atoms with Crippen LogP contribution in [0, 0.1) is 11.3 Å². The lowest BCUT2D eigenvalue weighted by molar-refractivity contribution is 0.353. The van der Waals surface area contributed by atoms with Crippen LogP contribution in [0.5, 0.6) is 5.75 Å². The fourth-order valence-corrected chi connectivity index (χ4v) is 10.2. The minimum atomic E-state index is -0.485. The van der Waals surface area contributed by atoms with Gasteiger partial charge < -0.3 is 9.52 Å². The van der Waals surface area contributed by atoms with E-state index in [-0.39, 0.29) is 11.2 Å². The predicted molar refractivity (Wildman–Crippen MR) is 237 cm³/mol. The van der Waals surface area contributed by atoms with E-state index in [0.717, 1.165) is 69.2 Å². The summed E-state index contributed by atoms with van der Waals surface area (Å²) in [5.74, 6) is 0.802. The van der Waals surface area contributed by atoms with Gasteiger partial charge in [-0.25, -0.2) is 9.97 Å². The third kappa shape index (κ3) is 5.66. The molecular formula is C54H41N3O2. The minimum absolute atomic E-state index is 0.0193. The fourth-order valence-electron chi connectivity index (χ4n) is 10.2. The van der Waals surface area contributed by atoms with Crippen LogP contribution in [0.3, 0.4) is 0 Å². The number of para-hydroxylation sites is 2. The van der Waals surface area contributed by atoms with Gasteiger partial charge in [0.25, 0.3) is 0 Å². The molecule has 0 bridgehead atoms. The van der Waals surface area contributed by atoms with Gasteiger partial charge in [0.05, 0.1) is 23.0 Å². The topological polar surface area (TPSA) is 82.9 Å². The van der Waals surface area contributed by atoms with Crippen LogP contribution in [-0.4, -0.2) is 15.1 Å². The average Bonchev–Trinajstić information content (AvgIpc) is 3.78. The third-order valence-corrected chi connectivity index (χ3v) is 13.2. The number of fused-ring (bicyclic) bond motifs is 8. The number of rotatable bonds is 5. The van der Waals surface area contributed by atoms with E-state index in [1.54, 1.807) is 0 Å². The second kappa shape index (κ2) is 13.5. The summed E-state index contributed by atoms with van der Waals surface area (Å²) in [5, 5.41) is 24.2. The number of nitrogens with zero attached hydrogens (tertiary/aromatic N) is 3. The molecule has 284 valence electrons. The standard InChI is InChI=1S/C54H41N3O2/c1-53(25-11-14-38(32-53)36-20-22-39-43-28-34(33-55)19-24-44(43)54(46(39)29-36)26-8-3-9-27-54)45-17-10-16-42(51(45)58)48-31-47(56-52(57-48)35-12-4-2-5-13-35)37-21-23-41-40-15-6-7-18-49(40)59-50(41)30-37/h2,4-7,10-24,28-32,58H,3,8-9,25-27H2,1H3. The molecular weight excluding hydrogens is 723 g/mol. The lowest BCUT2D eigenvalue weighted by Crippen LogP contribution is -2.28. The van der Waals surface area contributed by atoms with Gasteiger partial charge in [-0.3, -0.25) is 0 Å². The van der Waals surface area contributed by atoms with Crippen molar-refractivity contribution < 1.29 is 9.52 Å². The molecule has 1 saturated carbocycles. The highest BCUT2D eigenvalue weighted by atomic mass is 16.3. The van der Waals surface area contributed by atoms with Crippen molar-refractivity contribution in [1.29, 1.82) is 5.26 Å². The van der Waals surface area contributed by atoms with E-state index in [9.17, 15) is 10.4 Å². The predicted octanol–water partition coefficient (Wildman–Crippen LogP) is 13.5. The van der Waals surface area contributed by atoms with Crippen molar-refractivity contribution >= 4 is 27.5 Å². The van der Waals surface area contributed by atoms with Gasteiger partial charge >= 0.3 is 0 Å². The molecule has 1 N–H and O–H groups in total. The molecule has 1 fully saturated rings. The van der Waals surface area contributed by atoms with Crippen LogP contribution in [0.1, 0.15) is 73.3 Å². The molecule has 2 heterocycles. The zero-order valence-corrected chi connectivity index (χ0v) is 32.9. The monoisotopic (exact) mass is 763 g/mol. The van der Waals surface area contributed by atoms with Crippen molar-refractivity contribution in [2.45, 2.75) is 56.3 Å². The molecule has 0 amide bonds. The Hall–Kier alpha value is -7.03. The highest BCUT2D eigenvalue weighted by molar-refractivity contribution is 6.05. The molecule has 1 spiro atoms. The minimum Gasteiger partial charge on any atom is -0.507 e. The second-order valence-corrected chi connectivity index (χ2v) is 16.7. The molecule has 1 unspecified atom stereocenters. The molecule has 5 heteroatoms. The molecule has 2 aromatic heterocycles. The number of nitriles is 1. The Kier molecular flexibility index (Phi) is 8.07. The summed E-state index contributed by atoms with van der Waals surface area (Å²) in [4.78, 5) is 10.2. The van der Waals surface area contributed by atoms with Gasteiger partial charge in [-0.1, -0.05) is 129 Å². The maximum Gasteiger partial charge on any atom is 0.160 e. The number of phenolic OH excluding ortho intramolecular Hbond substituents is 1. The molecule has 6 aromatic carbocycles. The summed E-state index contributed by atoms with van der Waals surface area (Å²) in [7, 11) is 0. The van der Waals surface area contributed by atoms with Crippen LogP contribution in [0.4, 0.5) is 0 Å². The van der Waals surface area contributed by atoms with E-state index in [1.165, 1.54) is 47.1 Å². The van der Waals surface area contributed by atoms with Crippen molar-refractivity contribution in [2.75, 3.05) is 0 Å². The summed E-state index contributed by atoms with van der Waals surface area (Å²) >= 11 is 0. The SMILES string of the molecule is CC1(c2cccc(-c3cc(-c4ccc5c(c4)oc4ccccc45)nc(-c4ccccc4)n3)c2O)C=C(c2ccc3c(c2)C2(CCCCC2)c2ccc(C#N)cc2-3)C=CC1. The van der Waals surface area contributed by atoms with Crippen LogP contribution >= 0.6 is 0 Å². The van der Waals surface area contributed by atoms with Gasteiger partial charge in [0.15, 0.2) is 5.82 Å². The quantitative estimate of drug-likeness (QED) is 0.189. The Labute approximate surface area is 343 Å². The zero-order valence-electron chi connectivity index (χ0n) is 32.9. The van der Waals surface area contributed by atoms with E-state index >= 15 is 0 Å². The smallest absolute Gasteiger partial charge is 0.160 e. The van der Waals surface area contributed by atoms with E-state index in [2.05, 4.69) is 79.8 Å². The maximum atomic E-state index is 12.3. The summed E-state index contributed by atoms with van der Waals surface area (Å²) in [6.07, 6.45) is 13.5. The van der Waals surface area contributed by atoms with E-state index in [1.807, 2.05) is 84.9 Å². The van der Waals surface area contributed by atoms with Gasteiger partial charge in [-0.2, -0.15) is 5.26 Å². The first-order chi connectivity index (χ1) is 28.9. The first-order valence-electron chi connectivity index (χ1n) is 20.7. The zero-order chi connectivity index (χ0) is 39.7. The summed E-state index contributed by atoms with van der Waals surface area (Å²) in [5.41, 5.74) is 14.1. The number of allylic oxidation sites excluding steroid dienone is 4. The average molecular weight is 764 g/mol. The molecule has 5 nitrogen and oxygen atoms in total. The van der Waals surface area contributed by atoms with Gasteiger partial charge in [-0.05, 0) is 101 Å². The van der Waals surface area contributed by atoms with Crippen molar-refractivity contribution in [3.05, 3.63) is 180 Å². The first kappa shape index (κ1) is 35.2. The van der Waals surface area contributed by atoms with Crippen LogP contribution < -0.4 is 0 Å². The van der Waals surface area contributed by atoms with Gasteiger partial charge in [0.1, 0.15) is 16.9 Å². The molecule has 0 saturated heterocycles. The Bertz CT molecular complexity index is 3100. The van der Waals surface area contributed by atoms with Crippen molar-refractivity contribution in [2.24, 2.45) is 0 Å². The molecule has 11 rings (SSSR count). The molecule has 3 aliphatic carbocycles. The van der Waals surface area contributed by atoms with Gasteiger partial charge in [0, 0.05) is 43.9 Å². The number of furan rings is 1. The van der Waals surface area contributed by atoms with E-state index in [4.69, 9.17) is 14.4 Å². The summed E-state index contributed by atoms with van der Waals surface area (Å²) < 4.78 is 6.27. The van der Waals surface area contributed by atoms with Crippen LogP contribution in [0.2, 0.25) is 0 Å². The Morgan fingerprint density at radius 1 is 0.627 bits per heavy atom. The Morgan fingerprint density at radius 3 is 2.29 bits per heavy atom. The second-order valence-electron chi connectivity index (χ2n) is 16.7. The maximum absolute atomic E-state index is 12.3. The summed E-state index contributed by atoms with van der Waals surface area (Å²) in [6.45, 7) is 2.22. The number of aromatic nitrogens is 2. The van der Waals surface area contributed by atoms with Crippen molar-refractivity contribution in [3.8, 4) is 56.8 Å². The Morgan fingerprint density at radius 2 is 1.42 bits per heavy atom. The molecule has 8 aromatic rings. The first-order valence-corrected chi connectivity index (χ1v) is 20.7. The van der Waals surface area contributed by atoms with Crippen molar-refractivity contribution in [3.63, 3.8) is 0 Å². The molecule has 0 radical (unpaired) electrons. The lowest BCUT2D eigenvalue weighted by Gasteiger charge is -2.36. The summed E-state index contributed by atoms with van der Waals surface area (Å²) in [6, 6.07) is 47.9. The highest BCUT2D eigenvalue weighted by Gasteiger charge is 2.44. The number of aromatic hydroxyl groups is 1. The molecule has 1 atom stereocenters. The number of phenols is 1. The molecule has 3 aliphatic rings. The lowest BCUT2D eigenvalue weighted by atomic mass is 9.67.